The second-order valence-corrected chi connectivity index (χ2v) is 17.4. The first-order valence-corrected chi connectivity index (χ1v) is 22.2. The Kier molecular flexibility index (Phi) is 8.84. The van der Waals surface area contributed by atoms with Gasteiger partial charge in [-0.25, -0.2) is 0 Å². The van der Waals surface area contributed by atoms with Crippen molar-refractivity contribution in [1.29, 1.82) is 0 Å². The van der Waals surface area contributed by atoms with Crippen LogP contribution in [-0.2, 0) is 5.41 Å². The highest BCUT2D eigenvalue weighted by Crippen LogP contribution is 2.56. The predicted octanol–water partition coefficient (Wildman–Crippen LogP) is 17.2. The zero-order chi connectivity index (χ0) is 42.8. The summed E-state index contributed by atoms with van der Waals surface area (Å²) in [4.78, 5) is 7.21. The number of para-hydroxylation sites is 5. The van der Waals surface area contributed by atoms with Crippen molar-refractivity contribution in [3.05, 3.63) is 248 Å². The fourth-order valence-electron chi connectivity index (χ4n) is 10.3. The monoisotopic (exact) mass is 819 g/mol. The Morgan fingerprint density at radius 2 is 0.828 bits per heavy atom. The van der Waals surface area contributed by atoms with Gasteiger partial charge in [-0.05, 0) is 136 Å². The van der Waals surface area contributed by atoms with Gasteiger partial charge in [0.1, 0.15) is 0 Å². The summed E-state index contributed by atoms with van der Waals surface area (Å²) < 4.78 is 0. The number of benzene rings is 10. The Hall–Kier alpha value is -8.14. The lowest BCUT2D eigenvalue weighted by Gasteiger charge is -2.35. The van der Waals surface area contributed by atoms with Gasteiger partial charge in [0.05, 0.1) is 17.1 Å². The molecule has 10 aromatic rings. The standard InChI is InChI=1S/C61H45N3/c1-61(2)55-39-42(31-34-50(55)51-36-33-49(41-56(51)61)62(44-19-8-3-9-20-44)45-21-10-4-11-22-45)43-32-35-52-53-37-38-57(63(46-23-12-5-13-24-46)47-25-14-6-15-26-47)54-29-18-30-58(60(53)54)64(59(52)40-43)48-27-16-7-17-28-48/h3-41H,1-2H3. The van der Waals surface area contributed by atoms with E-state index in [-0.39, 0.29) is 5.41 Å². The van der Waals surface area contributed by atoms with E-state index in [1.807, 2.05) is 0 Å². The van der Waals surface area contributed by atoms with Crippen molar-refractivity contribution in [2.75, 3.05) is 14.7 Å². The van der Waals surface area contributed by atoms with Gasteiger partial charge in [-0.3, -0.25) is 0 Å². The third-order valence-electron chi connectivity index (χ3n) is 13.3. The number of hydrogen-bond donors (Lipinski definition) is 0. The minimum atomic E-state index is -0.209. The summed E-state index contributed by atoms with van der Waals surface area (Å²) in [6.07, 6.45) is 0. The summed E-state index contributed by atoms with van der Waals surface area (Å²) in [7, 11) is 0. The summed E-state index contributed by atoms with van der Waals surface area (Å²) in [5.74, 6) is 0. The Labute approximate surface area is 375 Å². The van der Waals surface area contributed by atoms with Gasteiger partial charge in [0.25, 0.3) is 0 Å². The number of fused-ring (bicyclic) bond motifs is 5. The van der Waals surface area contributed by atoms with E-state index in [2.05, 4.69) is 265 Å². The lowest BCUT2D eigenvalue weighted by Crippen LogP contribution is -2.17. The van der Waals surface area contributed by atoms with Crippen LogP contribution in [0.25, 0.3) is 44.2 Å². The third kappa shape index (κ3) is 6.04. The van der Waals surface area contributed by atoms with Crippen LogP contribution in [-0.4, -0.2) is 0 Å². The molecular weight excluding hydrogens is 775 g/mol. The number of rotatable bonds is 8. The fraction of sp³-hybridized carbons (Fsp3) is 0.0492. The highest BCUT2D eigenvalue weighted by Gasteiger charge is 2.37. The van der Waals surface area contributed by atoms with E-state index in [0.29, 0.717) is 0 Å². The van der Waals surface area contributed by atoms with Crippen molar-refractivity contribution >= 4 is 62.0 Å². The molecule has 64 heavy (non-hydrogen) atoms. The first-order valence-electron chi connectivity index (χ1n) is 22.2. The summed E-state index contributed by atoms with van der Waals surface area (Å²) in [6, 6.07) is 86.2. The molecule has 12 rings (SSSR count). The van der Waals surface area contributed by atoms with Crippen LogP contribution in [0.2, 0.25) is 0 Å². The first-order chi connectivity index (χ1) is 31.5. The van der Waals surface area contributed by atoms with Crippen LogP contribution in [0.3, 0.4) is 0 Å². The van der Waals surface area contributed by atoms with Crippen molar-refractivity contribution in [3.63, 3.8) is 0 Å². The van der Waals surface area contributed by atoms with E-state index in [4.69, 9.17) is 0 Å². The van der Waals surface area contributed by atoms with Crippen LogP contribution in [0, 0.1) is 0 Å². The molecule has 10 aromatic carbocycles. The van der Waals surface area contributed by atoms with Crippen LogP contribution in [0.1, 0.15) is 25.0 Å². The van der Waals surface area contributed by atoms with Crippen LogP contribution in [0.15, 0.2) is 237 Å². The Balaban J connectivity index is 0.974. The number of anilines is 9. The van der Waals surface area contributed by atoms with Crippen LogP contribution in [0.5, 0.6) is 0 Å². The first kappa shape index (κ1) is 37.6. The normalized spacial score (nSPS) is 12.9. The quantitative estimate of drug-likeness (QED) is 0.151. The molecule has 0 radical (unpaired) electrons. The highest BCUT2D eigenvalue weighted by molar-refractivity contribution is 6.18. The molecule has 0 bridgehead atoms. The fourth-order valence-corrected chi connectivity index (χ4v) is 10.3. The second-order valence-electron chi connectivity index (χ2n) is 17.4. The van der Waals surface area contributed by atoms with Crippen molar-refractivity contribution in [2.45, 2.75) is 19.3 Å². The number of hydrogen-bond acceptors (Lipinski definition) is 3. The van der Waals surface area contributed by atoms with Crippen LogP contribution in [0.4, 0.5) is 51.2 Å². The van der Waals surface area contributed by atoms with Crippen LogP contribution < -0.4 is 14.7 Å². The molecule has 3 heteroatoms. The molecule has 3 nitrogen and oxygen atoms in total. The molecular formula is C61H45N3. The van der Waals surface area contributed by atoms with Gasteiger partial charge >= 0.3 is 0 Å². The summed E-state index contributed by atoms with van der Waals surface area (Å²) in [5.41, 5.74) is 20.3. The number of nitrogens with zero attached hydrogens (tertiary/aromatic N) is 3. The van der Waals surface area contributed by atoms with Gasteiger partial charge in [0, 0.05) is 55.9 Å². The summed E-state index contributed by atoms with van der Waals surface area (Å²) in [6.45, 7) is 4.76. The zero-order valence-electron chi connectivity index (χ0n) is 35.9. The Morgan fingerprint density at radius 3 is 1.42 bits per heavy atom. The van der Waals surface area contributed by atoms with Crippen molar-refractivity contribution < 1.29 is 0 Å². The topological polar surface area (TPSA) is 9.72 Å². The largest absolute Gasteiger partial charge is 0.310 e. The zero-order valence-corrected chi connectivity index (χ0v) is 35.9. The molecule has 2 aliphatic rings. The summed E-state index contributed by atoms with van der Waals surface area (Å²) in [5, 5.41) is 2.45. The molecule has 1 aliphatic heterocycles. The van der Waals surface area contributed by atoms with Gasteiger partial charge in [0.15, 0.2) is 0 Å². The molecule has 1 aliphatic carbocycles. The van der Waals surface area contributed by atoms with E-state index in [1.165, 1.54) is 66.7 Å². The third-order valence-corrected chi connectivity index (χ3v) is 13.3. The minimum Gasteiger partial charge on any atom is -0.310 e. The highest BCUT2D eigenvalue weighted by atomic mass is 15.2. The average molecular weight is 820 g/mol. The molecule has 0 aromatic heterocycles. The Bertz CT molecular complexity index is 3270. The van der Waals surface area contributed by atoms with Crippen molar-refractivity contribution in [1.82, 2.24) is 0 Å². The Morgan fingerprint density at radius 1 is 0.344 bits per heavy atom. The molecule has 0 N–H and O–H groups in total. The van der Waals surface area contributed by atoms with E-state index >= 15 is 0 Å². The molecule has 304 valence electrons. The maximum Gasteiger partial charge on any atom is 0.0547 e. The molecule has 1 heterocycles. The van der Waals surface area contributed by atoms with Crippen molar-refractivity contribution in [2.24, 2.45) is 0 Å². The van der Waals surface area contributed by atoms with Gasteiger partial charge < -0.3 is 14.7 Å². The minimum absolute atomic E-state index is 0.209. The second kappa shape index (κ2) is 15.0. The molecule has 0 saturated heterocycles. The van der Waals surface area contributed by atoms with Gasteiger partial charge in [-0.1, -0.05) is 153 Å². The predicted molar refractivity (Wildman–Crippen MR) is 270 cm³/mol. The van der Waals surface area contributed by atoms with Crippen LogP contribution >= 0.6 is 0 Å². The maximum atomic E-state index is 2.47. The molecule has 0 unspecified atom stereocenters. The average Bonchev–Trinajstić information content (AvgIpc) is 3.58. The lowest BCUT2D eigenvalue weighted by molar-refractivity contribution is 0.660. The summed E-state index contributed by atoms with van der Waals surface area (Å²) >= 11 is 0. The van der Waals surface area contributed by atoms with Gasteiger partial charge in [-0.2, -0.15) is 0 Å². The molecule has 0 atom stereocenters. The van der Waals surface area contributed by atoms with Gasteiger partial charge in [0.2, 0.25) is 0 Å². The molecule has 0 amide bonds. The SMILES string of the molecule is CC1(C)c2cc(-c3ccc4c(c3)N(c3ccccc3)c3cccc5c(N(c6ccccc6)c6ccccc6)ccc-4c35)ccc2-c2ccc(N(c3ccccc3)c3ccccc3)cc21. The van der Waals surface area contributed by atoms with Gasteiger partial charge in [-0.15, -0.1) is 0 Å². The van der Waals surface area contributed by atoms with Crippen molar-refractivity contribution in [3.8, 4) is 33.4 Å². The van der Waals surface area contributed by atoms with E-state index in [9.17, 15) is 0 Å². The van der Waals surface area contributed by atoms with E-state index in [0.717, 1.165) is 39.8 Å². The molecule has 0 fully saturated rings. The van der Waals surface area contributed by atoms with E-state index < -0.39 is 0 Å². The molecule has 0 saturated carbocycles. The maximum absolute atomic E-state index is 2.47. The smallest absolute Gasteiger partial charge is 0.0547 e. The van der Waals surface area contributed by atoms with E-state index in [1.54, 1.807) is 0 Å². The lowest BCUT2D eigenvalue weighted by atomic mass is 9.81. The molecule has 0 spiro atoms.